The van der Waals surface area contributed by atoms with E-state index in [-0.39, 0.29) is 18.7 Å². The summed E-state index contributed by atoms with van der Waals surface area (Å²) < 4.78 is 19.3. The highest BCUT2D eigenvalue weighted by atomic mass is 35.5. The minimum Gasteiger partial charge on any atom is -0.489 e. The molecule has 0 aliphatic heterocycles. The van der Waals surface area contributed by atoms with Crippen molar-refractivity contribution < 1.29 is 9.13 Å². The molecule has 108 valence electrons. The maximum absolute atomic E-state index is 13.8. The molecule has 0 spiro atoms. The molecule has 0 aliphatic carbocycles. The SMILES string of the molecule is NCC#Cc1ccc(OCc2cc(Cl)ccc2Cl)cc1F. The lowest BCUT2D eigenvalue weighted by atomic mass is 10.2. The lowest BCUT2D eigenvalue weighted by Crippen LogP contribution is -1.98. The molecule has 0 radical (unpaired) electrons. The second-order valence-corrected chi connectivity index (χ2v) is 5.02. The Morgan fingerprint density at radius 3 is 2.67 bits per heavy atom. The summed E-state index contributed by atoms with van der Waals surface area (Å²) in [5, 5.41) is 1.11. The third-order valence-electron chi connectivity index (χ3n) is 2.67. The van der Waals surface area contributed by atoms with Crippen molar-refractivity contribution in [3.05, 3.63) is 63.4 Å². The fourth-order valence-electron chi connectivity index (χ4n) is 1.65. The van der Waals surface area contributed by atoms with Gasteiger partial charge in [-0.25, -0.2) is 4.39 Å². The van der Waals surface area contributed by atoms with E-state index in [2.05, 4.69) is 11.8 Å². The van der Waals surface area contributed by atoms with Crippen molar-refractivity contribution in [1.82, 2.24) is 0 Å². The van der Waals surface area contributed by atoms with Crippen molar-refractivity contribution in [2.24, 2.45) is 5.73 Å². The molecule has 2 rings (SSSR count). The van der Waals surface area contributed by atoms with Crippen molar-refractivity contribution in [2.45, 2.75) is 6.61 Å². The van der Waals surface area contributed by atoms with E-state index in [1.165, 1.54) is 6.07 Å². The summed E-state index contributed by atoms with van der Waals surface area (Å²) in [6, 6.07) is 9.56. The van der Waals surface area contributed by atoms with Crippen LogP contribution in [0.5, 0.6) is 5.75 Å². The average Bonchev–Trinajstić information content (AvgIpc) is 2.47. The predicted molar refractivity (Wildman–Crippen MR) is 83.1 cm³/mol. The zero-order chi connectivity index (χ0) is 15.2. The Balaban J connectivity index is 2.10. The molecule has 0 aliphatic rings. The van der Waals surface area contributed by atoms with Gasteiger partial charge in [-0.15, -0.1) is 0 Å². The lowest BCUT2D eigenvalue weighted by Gasteiger charge is -2.08. The third-order valence-corrected chi connectivity index (χ3v) is 3.27. The molecule has 5 heteroatoms. The van der Waals surface area contributed by atoms with Gasteiger partial charge in [-0.2, -0.15) is 0 Å². The van der Waals surface area contributed by atoms with Gasteiger partial charge >= 0.3 is 0 Å². The van der Waals surface area contributed by atoms with Crippen molar-refractivity contribution >= 4 is 23.2 Å². The van der Waals surface area contributed by atoms with Gasteiger partial charge in [0.1, 0.15) is 18.2 Å². The number of hydrogen-bond acceptors (Lipinski definition) is 2. The van der Waals surface area contributed by atoms with Crippen molar-refractivity contribution in [3.63, 3.8) is 0 Å². The van der Waals surface area contributed by atoms with E-state index in [0.29, 0.717) is 15.8 Å². The smallest absolute Gasteiger partial charge is 0.142 e. The van der Waals surface area contributed by atoms with Gasteiger partial charge in [0.25, 0.3) is 0 Å². The maximum Gasteiger partial charge on any atom is 0.142 e. The molecule has 0 atom stereocenters. The quantitative estimate of drug-likeness (QED) is 0.866. The van der Waals surface area contributed by atoms with Gasteiger partial charge in [0, 0.05) is 21.7 Å². The zero-order valence-corrected chi connectivity index (χ0v) is 12.5. The minimum absolute atomic E-state index is 0.185. The van der Waals surface area contributed by atoms with E-state index < -0.39 is 5.82 Å². The first-order valence-electron chi connectivity index (χ1n) is 6.15. The summed E-state index contributed by atoms with van der Waals surface area (Å²) in [6.07, 6.45) is 0. The first-order chi connectivity index (χ1) is 10.1. The molecule has 0 bridgehead atoms. The lowest BCUT2D eigenvalue weighted by molar-refractivity contribution is 0.304. The number of rotatable bonds is 3. The summed E-state index contributed by atoms with van der Waals surface area (Å²) in [6.45, 7) is 0.387. The topological polar surface area (TPSA) is 35.2 Å². The first-order valence-corrected chi connectivity index (χ1v) is 6.91. The van der Waals surface area contributed by atoms with Crippen LogP contribution in [0.4, 0.5) is 4.39 Å². The molecule has 2 aromatic rings. The van der Waals surface area contributed by atoms with Gasteiger partial charge in [-0.1, -0.05) is 35.0 Å². The summed E-state index contributed by atoms with van der Waals surface area (Å²) in [5.41, 5.74) is 6.27. The van der Waals surface area contributed by atoms with Crippen LogP contribution in [0.3, 0.4) is 0 Å². The van der Waals surface area contributed by atoms with E-state index in [1.807, 2.05) is 0 Å². The molecule has 21 heavy (non-hydrogen) atoms. The molecule has 0 unspecified atom stereocenters. The Kier molecular flexibility index (Phi) is 5.46. The third kappa shape index (κ3) is 4.37. The summed E-state index contributed by atoms with van der Waals surface area (Å²) >= 11 is 11.9. The van der Waals surface area contributed by atoms with Crippen molar-refractivity contribution in [1.29, 1.82) is 0 Å². The highest BCUT2D eigenvalue weighted by molar-refractivity contribution is 6.33. The molecule has 0 amide bonds. The highest BCUT2D eigenvalue weighted by Gasteiger charge is 2.05. The second-order valence-electron chi connectivity index (χ2n) is 4.17. The highest BCUT2D eigenvalue weighted by Crippen LogP contribution is 2.23. The number of nitrogens with two attached hydrogens (primary N) is 1. The Labute approximate surface area is 132 Å². The van der Waals surface area contributed by atoms with Crippen LogP contribution in [0, 0.1) is 17.7 Å². The summed E-state index contributed by atoms with van der Waals surface area (Å²) in [7, 11) is 0. The Morgan fingerprint density at radius 1 is 1.14 bits per heavy atom. The van der Waals surface area contributed by atoms with Crippen LogP contribution in [0.2, 0.25) is 10.0 Å². The molecular weight excluding hydrogens is 312 g/mol. The number of ether oxygens (including phenoxy) is 1. The predicted octanol–water partition coefficient (Wildman–Crippen LogP) is 4.02. The maximum atomic E-state index is 13.8. The fraction of sp³-hybridized carbons (Fsp3) is 0.125. The van der Waals surface area contributed by atoms with Crippen molar-refractivity contribution in [3.8, 4) is 17.6 Å². The Hall–Kier alpha value is -1.73. The van der Waals surface area contributed by atoms with E-state index in [4.69, 9.17) is 33.7 Å². The summed E-state index contributed by atoms with van der Waals surface area (Å²) in [4.78, 5) is 0. The molecule has 2 aromatic carbocycles. The van der Waals surface area contributed by atoms with E-state index >= 15 is 0 Å². The van der Waals surface area contributed by atoms with Crippen LogP contribution >= 0.6 is 23.2 Å². The molecule has 2 N–H and O–H groups in total. The minimum atomic E-state index is -0.453. The van der Waals surface area contributed by atoms with Crippen LogP contribution in [0.25, 0.3) is 0 Å². The van der Waals surface area contributed by atoms with Crippen LogP contribution in [-0.4, -0.2) is 6.54 Å². The standard InChI is InChI=1S/C16H12Cl2FNO/c17-13-4-6-15(18)12(8-13)10-21-14-5-3-11(2-1-7-20)16(19)9-14/h3-6,8-9H,7,10,20H2. The normalized spacial score (nSPS) is 9.90. The molecule has 0 fully saturated rings. The molecular formula is C16H12Cl2FNO. The largest absolute Gasteiger partial charge is 0.489 e. The van der Waals surface area contributed by atoms with Crippen molar-refractivity contribution in [2.75, 3.05) is 6.54 Å². The number of benzene rings is 2. The monoisotopic (exact) mass is 323 g/mol. The van der Waals surface area contributed by atoms with E-state index in [1.54, 1.807) is 30.3 Å². The molecule has 0 aromatic heterocycles. The Morgan fingerprint density at radius 2 is 1.95 bits per heavy atom. The van der Waals surface area contributed by atoms with Gasteiger partial charge in [0.05, 0.1) is 12.1 Å². The molecule has 2 nitrogen and oxygen atoms in total. The van der Waals surface area contributed by atoms with E-state index in [9.17, 15) is 4.39 Å². The van der Waals surface area contributed by atoms with Crippen LogP contribution in [0.15, 0.2) is 36.4 Å². The van der Waals surface area contributed by atoms with Gasteiger partial charge < -0.3 is 10.5 Å². The number of hydrogen-bond donors (Lipinski definition) is 1. The van der Waals surface area contributed by atoms with Crippen LogP contribution in [0.1, 0.15) is 11.1 Å². The van der Waals surface area contributed by atoms with Gasteiger partial charge in [-0.05, 0) is 30.3 Å². The Bertz CT molecular complexity index is 707. The molecule has 0 saturated heterocycles. The first kappa shape index (κ1) is 15.7. The van der Waals surface area contributed by atoms with Gasteiger partial charge in [0.2, 0.25) is 0 Å². The molecule has 0 heterocycles. The fourth-order valence-corrected chi connectivity index (χ4v) is 2.02. The molecule has 0 saturated carbocycles. The summed E-state index contributed by atoms with van der Waals surface area (Å²) in [5.74, 6) is 5.18. The second kappa shape index (κ2) is 7.33. The van der Waals surface area contributed by atoms with E-state index in [0.717, 1.165) is 5.56 Å². The van der Waals surface area contributed by atoms with Gasteiger partial charge in [0.15, 0.2) is 0 Å². The zero-order valence-electron chi connectivity index (χ0n) is 11.0. The van der Waals surface area contributed by atoms with Crippen LogP contribution in [-0.2, 0) is 6.61 Å². The average molecular weight is 324 g/mol. The van der Waals surface area contributed by atoms with Crippen LogP contribution < -0.4 is 10.5 Å². The number of halogens is 3. The van der Waals surface area contributed by atoms with Gasteiger partial charge in [-0.3, -0.25) is 0 Å².